The lowest BCUT2D eigenvalue weighted by Crippen LogP contribution is -2.48. The molecule has 0 spiro atoms. The number of piperazine rings is 1. The third-order valence-corrected chi connectivity index (χ3v) is 3.96. The highest BCUT2D eigenvalue weighted by atomic mass is 35.5. The van der Waals surface area contributed by atoms with Crippen LogP contribution < -0.4 is 4.90 Å². The second-order valence-electron chi connectivity index (χ2n) is 5.17. The molecule has 0 N–H and O–H groups in total. The van der Waals surface area contributed by atoms with Crippen molar-refractivity contribution in [1.29, 1.82) is 0 Å². The van der Waals surface area contributed by atoms with Crippen LogP contribution in [0.3, 0.4) is 0 Å². The summed E-state index contributed by atoms with van der Waals surface area (Å²) in [5.41, 5.74) is 1.14. The van der Waals surface area contributed by atoms with Crippen LogP contribution in [0.4, 0.5) is 5.69 Å². The fourth-order valence-electron chi connectivity index (χ4n) is 2.52. The van der Waals surface area contributed by atoms with Crippen LogP contribution in [0.1, 0.15) is 16.3 Å². The number of halogens is 1. The molecule has 1 amide bonds. The van der Waals surface area contributed by atoms with Crippen LogP contribution in [0.25, 0.3) is 0 Å². The predicted octanol–water partition coefficient (Wildman–Crippen LogP) is 3.20. The molecule has 0 radical (unpaired) electrons. The Morgan fingerprint density at radius 2 is 1.71 bits per heavy atom. The fraction of sp³-hybridized carbons (Fsp3) is 0.312. The molecule has 1 fully saturated rings. The maximum atomic E-state index is 12.3. The number of rotatable bonds is 2. The highest BCUT2D eigenvalue weighted by molar-refractivity contribution is 6.30. The second kappa shape index (κ2) is 5.82. The molecule has 0 atom stereocenters. The molecule has 1 aromatic carbocycles. The van der Waals surface area contributed by atoms with Crippen LogP contribution in [0.2, 0.25) is 5.02 Å². The number of nitrogens with zero attached hydrogens (tertiary/aromatic N) is 2. The highest BCUT2D eigenvalue weighted by Gasteiger charge is 2.24. The Morgan fingerprint density at radius 1 is 1.05 bits per heavy atom. The summed E-state index contributed by atoms with van der Waals surface area (Å²) in [5.74, 6) is 1.16. The molecule has 2 aromatic rings. The smallest absolute Gasteiger partial charge is 0.289 e. The number of aryl methyl sites for hydroxylation is 1. The molecular formula is C16H17ClN2O2. The van der Waals surface area contributed by atoms with Gasteiger partial charge in [-0.1, -0.05) is 11.6 Å². The summed E-state index contributed by atoms with van der Waals surface area (Å²) in [7, 11) is 0. The van der Waals surface area contributed by atoms with Crippen LogP contribution in [-0.2, 0) is 0 Å². The first-order valence-corrected chi connectivity index (χ1v) is 7.37. The number of amides is 1. The average Bonchev–Trinajstić information content (AvgIpc) is 2.94. The molecule has 5 heteroatoms. The lowest BCUT2D eigenvalue weighted by Gasteiger charge is -2.35. The minimum Gasteiger partial charge on any atom is -0.456 e. The van der Waals surface area contributed by atoms with Crippen molar-refractivity contribution in [2.75, 3.05) is 31.1 Å². The standard InChI is InChI=1S/C16H17ClN2O2/c1-12-2-7-15(21-12)16(20)19-10-8-18(9-11-19)14-5-3-13(17)4-6-14/h2-7H,8-11H2,1H3. The molecule has 2 heterocycles. The molecular weight excluding hydrogens is 288 g/mol. The molecule has 3 rings (SSSR count). The first-order valence-electron chi connectivity index (χ1n) is 7.00. The van der Waals surface area contributed by atoms with E-state index in [9.17, 15) is 4.79 Å². The number of hydrogen-bond donors (Lipinski definition) is 0. The van der Waals surface area contributed by atoms with Crippen LogP contribution in [0.15, 0.2) is 40.8 Å². The number of carbonyl (C=O) groups excluding carboxylic acids is 1. The molecule has 4 nitrogen and oxygen atoms in total. The van der Waals surface area contributed by atoms with Crippen molar-refractivity contribution >= 4 is 23.2 Å². The van der Waals surface area contributed by atoms with E-state index >= 15 is 0 Å². The van der Waals surface area contributed by atoms with E-state index in [0.29, 0.717) is 18.8 Å². The Bertz CT molecular complexity index is 628. The number of benzene rings is 1. The van der Waals surface area contributed by atoms with Crippen molar-refractivity contribution in [2.24, 2.45) is 0 Å². The Balaban J connectivity index is 1.62. The van der Waals surface area contributed by atoms with Crippen LogP contribution in [0, 0.1) is 6.92 Å². The minimum absolute atomic E-state index is 0.0288. The van der Waals surface area contributed by atoms with E-state index in [4.69, 9.17) is 16.0 Å². The van der Waals surface area contributed by atoms with Crippen molar-refractivity contribution in [2.45, 2.75) is 6.92 Å². The third kappa shape index (κ3) is 3.05. The Morgan fingerprint density at radius 3 is 2.29 bits per heavy atom. The van der Waals surface area contributed by atoms with Crippen molar-refractivity contribution in [3.63, 3.8) is 0 Å². The number of carbonyl (C=O) groups is 1. The summed E-state index contributed by atoms with van der Waals surface area (Å²) in [5, 5.41) is 0.737. The highest BCUT2D eigenvalue weighted by Crippen LogP contribution is 2.20. The van der Waals surface area contributed by atoms with Gasteiger partial charge in [0.2, 0.25) is 0 Å². The fourth-order valence-corrected chi connectivity index (χ4v) is 2.65. The van der Waals surface area contributed by atoms with Gasteiger partial charge in [0, 0.05) is 36.9 Å². The first kappa shape index (κ1) is 14.0. The molecule has 1 aliphatic rings. The lowest BCUT2D eigenvalue weighted by molar-refractivity contribution is 0.0713. The molecule has 0 saturated carbocycles. The van der Waals surface area contributed by atoms with Gasteiger partial charge < -0.3 is 14.2 Å². The largest absolute Gasteiger partial charge is 0.456 e. The van der Waals surface area contributed by atoms with Crippen LogP contribution in [-0.4, -0.2) is 37.0 Å². The molecule has 110 valence electrons. The predicted molar refractivity (Wildman–Crippen MR) is 83.0 cm³/mol. The lowest BCUT2D eigenvalue weighted by atomic mass is 10.2. The zero-order chi connectivity index (χ0) is 14.8. The SMILES string of the molecule is Cc1ccc(C(=O)N2CCN(c3ccc(Cl)cc3)CC2)o1. The van der Waals surface area contributed by atoms with Gasteiger partial charge in [0.25, 0.3) is 5.91 Å². The zero-order valence-corrected chi connectivity index (χ0v) is 12.6. The Kier molecular flexibility index (Phi) is 3.88. The van der Waals surface area contributed by atoms with Crippen molar-refractivity contribution < 1.29 is 9.21 Å². The van der Waals surface area contributed by atoms with Gasteiger partial charge in [-0.05, 0) is 43.3 Å². The second-order valence-corrected chi connectivity index (χ2v) is 5.60. The average molecular weight is 305 g/mol. The van der Waals surface area contributed by atoms with Gasteiger partial charge in [0.1, 0.15) is 5.76 Å². The molecule has 1 saturated heterocycles. The minimum atomic E-state index is -0.0288. The van der Waals surface area contributed by atoms with E-state index in [-0.39, 0.29) is 5.91 Å². The topological polar surface area (TPSA) is 36.7 Å². The maximum absolute atomic E-state index is 12.3. The number of hydrogen-bond acceptors (Lipinski definition) is 3. The molecule has 0 bridgehead atoms. The van der Waals surface area contributed by atoms with Crippen molar-refractivity contribution in [1.82, 2.24) is 4.90 Å². The van der Waals surface area contributed by atoms with E-state index in [1.54, 1.807) is 6.07 Å². The van der Waals surface area contributed by atoms with Crippen molar-refractivity contribution in [3.05, 3.63) is 52.9 Å². The molecule has 0 unspecified atom stereocenters. The monoisotopic (exact) mass is 304 g/mol. The van der Waals surface area contributed by atoms with Gasteiger partial charge in [-0.25, -0.2) is 0 Å². The van der Waals surface area contributed by atoms with Gasteiger partial charge >= 0.3 is 0 Å². The first-order chi connectivity index (χ1) is 10.1. The third-order valence-electron chi connectivity index (χ3n) is 3.71. The Labute approximate surface area is 128 Å². The number of anilines is 1. The van der Waals surface area contributed by atoms with E-state index in [0.717, 1.165) is 29.6 Å². The van der Waals surface area contributed by atoms with Crippen molar-refractivity contribution in [3.8, 4) is 0 Å². The van der Waals surface area contributed by atoms with Gasteiger partial charge in [-0.15, -0.1) is 0 Å². The van der Waals surface area contributed by atoms with Gasteiger partial charge in [0.15, 0.2) is 5.76 Å². The zero-order valence-electron chi connectivity index (χ0n) is 11.9. The summed E-state index contributed by atoms with van der Waals surface area (Å²) >= 11 is 5.90. The summed E-state index contributed by atoms with van der Waals surface area (Å²) in [4.78, 5) is 16.4. The van der Waals surface area contributed by atoms with E-state index < -0.39 is 0 Å². The summed E-state index contributed by atoms with van der Waals surface area (Å²) in [6.07, 6.45) is 0. The normalized spacial score (nSPS) is 15.3. The van der Waals surface area contributed by atoms with E-state index in [1.165, 1.54) is 0 Å². The molecule has 21 heavy (non-hydrogen) atoms. The van der Waals surface area contributed by atoms with Crippen LogP contribution >= 0.6 is 11.6 Å². The van der Waals surface area contributed by atoms with Gasteiger partial charge in [0.05, 0.1) is 0 Å². The maximum Gasteiger partial charge on any atom is 0.289 e. The van der Waals surface area contributed by atoms with Gasteiger partial charge in [-0.2, -0.15) is 0 Å². The quantitative estimate of drug-likeness (QED) is 0.855. The molecule has 1 aromatic heterocycles. The van der Waals surface area contributed by atoms with Gasteiger partial charge in [-0.3, -0.25) is 4.79 Å². The Hall–Kier alpha value is -1.94. The summed E-state index contributed by atoms with van der Waals surface area (Å²) in [6.45, 7) is 4.86. The summed E-state index contributed by atoms with van der Waals surface area (Å²) < 4.78 is 5.40. The van der Waals surface area contributed by atoms with E-state index in [2.05, 4.69) is 4.90 Å². The van der Waals surface area contributed by atoms with Crippen LogP contribution in [0.5, 0.6) is 0 Å². The molecule has 0 aliphatic carbocycles. The molecule has 1 aliphatic heterocycles. The number of furan rings is 1. The summed E-state index contributed by atoms with van der Waals surface area (Å²) in [6, 6.07) is 11.4. The van der Waals surface area contributed by atoms with E-state index in [1.807, 2.05) is 42.2 Å².